The van der Waals surface area contributed by atoms with E-state index in [-0.39, 0.29) is 29.1 Å². The topological polar surface area (TPSA) is 92.6 Å². The summed E-state index contributed by atoms with van der Waals surface area (Å²) in [5, 5.41) is 10.8. The fourth-order valence-corrected chi connectivity index (χ4v) is 4.80. The Labute approximate surface area is 177 Å². The molecule has 0 spiro atoms. The molecule has 0 aromatic heterocycles. The maximum absolute atomic E-state index is 13.1. The highest BCUT2D eigenvalue weighted by atomic mass is 35.5. The molecule has 0 aliphatic rings. The van der Waals surface area contributed by atoms with E-state index in [9.17, 15) is 18.5 Å². The van der Waals surface area contributed by atoms with Crippen molar-refractivity contribution in [2.75, 3.05) is 13.1 Å². The van der Waals surface area contributed by atoms with Gasteiger partial charge in [-0.2, -0.15) is 4.31 Å². The summed E-state index contributed by atoms with van der Waals surface area (Å²) in [6, 6.07) is 14.7. The third-order valence-corrected chi connectivity index (χ3v) is 6.65. The highest BCUT2D eigenvalue weighted by Crippen LogP contribution is 2.21. The summed E-state index contributed by atoms with van der Waals surface area (Å²) in [6.45, 7) is 4.52. The Morgan fingerprint density at radius 3 is 2.24 bits per heavy atom. The molecule has 0 unspecified atom stereocenters. The number of sulfonamides is 1. The van der Waals surface area contributed by atoms with Crippen molar-refractivity contribution in [1.29, 1.82) is 0 Å². The number of nitrogens with one attached hydrogen (secondary N) is 1. The quantitative estimate of drug-likeness (QED) is 0.324. The normalized spacial score (nSPS) is 13.0. The van der Waals surface area contributed by atoms with Crippen molar-refractivity contribution in [3.8, 4) is 0 Å². The van der Waals surface area contributed by atoms with E-state index in [0.29, 0.717) is 19.4 Å². The Balaban J connectivity index is 2.15. The van der Waals surface area contributed by atoms with Crippen LogP contribution < -0.4 is 4.84 Å². The number of rotatable bonds is 11. The summed E-state index contributed by atoms with van der Waals surface area (Å²) in [4.78, 5) is 13.1. The maximum Gasteiger partial charge on any atom is 0.269 e. The van der Waals surface area contributed by atoms with E-state index in [4.69, 9.17) is 11.8 Å². The molecular weight excluding hydrogens is 414 g/mol. The predicted octanol–water partition coefficient (Wildman–Crippen LogP) is 3.99. The molecule has 0 fully saturated rings. The minimum absolute atomic E-state index is 0.0437. The third kappa shape index (κ3) is 6.78. The molecule has 0 bridgehead atoms. The molecule has 158 valence electrons. The largest absolute Gasteiger partial charge is 0.269 e. The second-order valence-corrected chi connectivity index (χ2v) is 9.45. The average Bonchev–Trinajstić information content (AvgIpc) is 2.70. The molecule has 29 heavy (non-hydrogen) atoms. The number of nitro benzene ring substituents is 1. The molecule has 0 radical (unpaired) electrons. The highest BCUT2D eigenvalue weighted by Gasteiger charge is 2.26. The summed E-state index contributed by atoms with van der Waals surface area (Å²) < 4.78 is 27.6. The fraction of sp³-hybridized carbons (Fsp3) is 0.400. The first-order valence-electron chi connectivity index (χ1n) is 9.38. The third-order valence-electron chi connectivity index (χ3n) is 4.46. The van der Waals surface area contributed by atoms with Crippen LogP contribution >= 0.6 is 11.8 Å². The molecule has 0 amide bonds. The summed E-state index contributed by atoms with van der Waals surface area (Å²) >= 11 is 5.90. The van der Waals surface area contributed by atoms with Gasteiger partial charge in [-0.3, -0.25) is 10.1 Å². The van der Waals surface area contributed by atoms with Crippen LogP contribution in [0.15, 0.2) is 59.5 Å². The van der Waals surface area contributed by atoms with Crippen molar-refractivity contribution in [2.45, 2.75) is 37.6 Å². The Hall–Kier alpha value is -2.00. The lowest BCUT2D eigenvalue weighted by molar-refractivity contribution is -0.384. The molecule has 2 aromatic rings. The summed E-state index contributed by atoms with van der Waals surface area (Å²) in [5.74, 6) is 0.124. The van der Waals surface area contributed by atoms with E-state index >= 15 is 0 Å². The van der Waals surface area contributed by atoms with Crippen molar-refractivity contribution in [1.82, 2.24) is 9.14 Å². The Morgan fingerprint density at radius 2 is 1.72 bits per heavy atom. The van der Waals surface area contributed by atoms with Crippen molar-refractivity contribution in [3.63, 3.8) is 0 Å². The number of halogens is 1. The zero-order valence-corrected chi connectivity index (χ0v) is 18.1. The van der Waals surface area contributed by atoms with E-state index in [0.717, 1.165) is 5.56 Å². The number of hydrogen-bond acceptors (Lipinski definition) is 5. The van der Waals surface area contributed by atoms with E-state index in [1.807, 2.05) is 44.2 Å². The van der Waals surface area contributed by atoms with Gasteiger partial charge in [-0.15, -0.1) is 0 Å². The van der Waals surface area contributed by atoms with E-state index < -0.39 is 14.9 Å². The minimum atomic E-state index is -3.78. The van der Waals surface area contributed by atoms with E-state index in [1.54, 1.807) is 0 Å². The van der Waals surface area contributed by atoms with Crippen molar-refractivity contribution < 1.29 is 13.3 Å². The van der Waals surface area contributed by atoms with Gasteiger partial charge in [0.15, 0.2) is 0 Å². The summed E-state index contributed by atoms with van der Waals surface area (Å²) in [6.07, 6.45) is 1.20. The van der Waals surface area contributed by atoms with Crippen molar-refractivity contribution >= 4 is 27.5 Å². The standard InChI is InChI=1S/C20H26ClN3O4S/c1-16(2)15-23(13-12-18(22-21)14-17-6-4-3-5-7-17)29(27,28)20-10-8-19(9-11-20)24(25)26/h3-11,16,18,22H,12-15H2,1-2H3/t18-/m1/s1. The van der Waals surface area contributed by atoms with Gasteiger partial charge in [-0.1, -0.05) is 44.2 Å². The van der Waals surface area contributed by atoms with Gasteiger partial charge >= 0.3 is 0 Å². The molecule has 0 aliphatic heterocycles. The lowest BCUT2D eigenvalue weighted by atomic mass is 10.0. The molecule has 1 N–H and O–H groups in total. The molecule has 0 heterocycles. The molecule has 0 saturated heterocycles. The first-order chi connectivity index (χ1) is 13.7. The zero-order valence-electron chi connectivity index (χ0n) is 16.5. The van der Waals surface area contributed by atoms with Crippen LogP contribution in [0.1, 0.15) is 25.8 Å². The number of nitro groups is 1. The molecule has 0 aliphatic carbocycles. The van der Waals surface area contributed by atoms with Gasteiger partial charge in [-0.25, -0.2) is 13.3 Å². The molecule has 1 atom stereocenters. The van der Waals surface area contributed by atoms with Crippen LogP contribution in [0, 0.1) is 16.0 Å². The lowest BCUT2D eigenvalue weighted by Gasteiger charge is -2.26. The monoisotopic (exact) mass is 439 g/mol. The van der Waals surface area contributed by atoms with Gasteiger partial charge in [0.2, 0.25) is 10.0 Å². The van der Waals surface area contributed by atoms with Crippen molar-refractivity contribution in [3.05, 3.63) is 70.3 Å². The van der Waals surface area contributed by atoms with Gasteiger partial charge in [0, 0.05) is 31.3 Å². The number of non-ortho nitro benzene ring substituents is 1. The van der Waals surface area contributed by atoms with Crippen LogP contribution in [0.3, 0.4) is 0 Å². The van der Waals surface area contributed by atoms with Crippen LogP contribution in [0.25, 0.3) is 0 Å². The number of hydrogen-bond donors (Lipinski definition) is 1. The number of benzene rings is 2. The first kappa shape index (κ1) is 23.3. The van der Waals surface area contributed by atoms with Crippen LogP contribution in [0.4, 0.5) is 5.69 Å². The summed E-state index contributed by atoms with van der Waals surface area (Å²) in [5.41, 5.74) is 0.966. The van der Waals surface area contributed by atoms with Crippen LogP contribution in [0.2, 0.25) is 0 Å². The van der Waals surface area contributed by atoms with E-state index in [1.165, 1.54) is 28.6 Å². The van der Waals surface area contributed by atoms with Crippen LogP contribution in [0.5, 0.6) is 0 Å². The predicted molar refractivity (Wildman–Crippen MR) is 114 cm³/mol. The van der Waals surface area contributed by atoms with Gasteiger partial charge in [-0.05, 0) is 48.2 Å². The van der Waals surface area contributed by atoms with E-state index in [2.05, 4.69) is 4.84 Å². The van der Waals surface area contributed by atoms with Crippen molar-refractivity contribution in [2.24, 2.45) is 5.92 Å². The fourth-order valence-electron chi connectivity index (χ4n) is 3.00. The van der Waals surface area contributed by atoms with Gasteiger partial charge in [0.1, 0.15) is 0 Å². The Morgan fingerprint density at radius 1 is 1.10 bits per heavy atom. The molecule has 9 heteroatoms. The molecule has 7 nitrogen and oxygen atoms in total. The molecular formula is C20H26ClN3O4S. The lowest BCUT2D eigenvalue weighted by Crippen LogP contribution is -2.38. The Bertz CT molecular complexity index is 890. The number of nitrogens with zero attached hydrogens (tertiary/aromatic N) is 2. The summed E-state index contributed by atoms with van der Waals surface area (Å²) in [7, 11) is -3.78. The Kier molecular flexibility index (Phi) is 8.58. The second-order valence-electron chi connectivity index (χ2n) is 7.29. The van der Waals surface area contributed by atoms with Crippen LogP contribution in [-0.4, -0.2) is 36.8 Å². The molecule has 0 saturated carbocycles. The van der Waals surface area contributed by atoms with Crippen LogP contribution in [-0.2, 0) is 16.4 Å². The smallest absolute Gasteiger partial charge is 0.258 e. The van der Waals surface area contributed by atoms with Gasteiger partial charge in [0.25, 0.3) is 5.69 Å². The minimum Gasteiger partial charge on any atom is -0.258 e. The van der Waals surface area contributed by atoms with Gasteiger partial charge in [0.05, 0.1) is 9.82 Å². The SMILES string of the molecule is CC(C)CN(CC[C@H](Cc1ccccc1)NCl)S(=O)(=O)c1ccc([N+](=O)[O-])cc1. The maximum atomic E-state index is 13.1. The van der Waals surface area contributed by atoms with Gasteiger partial charge < -0.3 is 0 Å². The highest BCUT2D eigenvalue weighted by molar-refractivity contribution is 7.89. The zero-order chi connectivity index (χ0) is 21.4. The molecule has 2 aromatic carbocycles. The first-order valence-corrected chi connectivity index (χ1v) is 11.2. The average molecular weight is 440 g/mol. The molecule has 2 rings (SSSR count). The second kappa shape index (κ2) is 10.7.